The van der Waals surface area contributed by atoms with Gasteiger partial charge in [-0.3, -0.25) is 0 Å². The second kappa shape index (κ2) is 5.24. The van der Waals surface area contributed by atoms with Gasteiger partial charge in [-0.2, -0.15) is 0 Å². The maximum absolute atomic E-state index is 5.95. The molecule has 0 spiro atoms. The summed E-state index contributed by atoms with van der Waals surface area (Å²) in [4.78, 5) is 8.45. The van der Waals surface area contributed by atoms with Gasteiger partial charge in [0.25, 0.3) is 0 Å². The van der Waals surface area contributed by atoms with Gasteiger partial charge < -0.3 is 10.6 Å². The third-order valence-electron chi connectivity index (χ3n) is 3.61. The lowest BCUT2D eigenvalue weighted by Crippen LogP contribution is -2.28. The Morgan fingerprint density at radius 2 is 2.10 bits per heavy atom. The molecule has 1 aliphatic rings. The second-order valence-electron chi connectivity index (χ2n) is 5.07. The molecule has 2 heterocycles. The number of hydrogen-bond acceptors (Lipinski definition) is 5. The fourth-order valence-corrected chi connectivity index (χ4v) is 4.62. The molecule has 0 bridgehead atoms. The molecule has 0 fully saturated rings. The first-order chi connectivity index (χ1) is 10.3. The molecule has 2 aromatic carbocycles. The topological polar surface area (TPSA) is 42.1 Å². The van der Waals surface area contributed by atoms with Crippen LogP contribution in [0, 0.1) is 0 Å². The number of thiazole rings is 1. The third-order valence-corrected chi connectivity index (χ3v) is 5.67. The Morgan fingerprint density at radius 1 is 1.19 bits per heavy atom. The van der Waals surface area contributed by atoms with Gasteiger partial charge in [0.2, 0.25) is 0 Å². The minimum Gasteiger partial charge on any atom is -0.399 e. The number of aromatic nitrogens is 1. The average molecular weight is 313 g/mol. The molecule has 106 valence electrons. The Hall–Kier alpha value is -1.72. The average Bonchev–Trinajstić information content (AvgIpc) is 2.90. The largest absolute Gasteiger partial charge is 0.399 e. The van der Waals surface area contributed by atoms with Gasteiger partial charge in [-0.25, -0.2) is 4.98 Å². The highest BCUT2D eigenvalue weighted by molar-refractivity contribution is 7.99. The molecule has 0 amide bonds. The van der Waals surface area contributed by atoms with Gasteiger partial charge in [-0.1, -0.05) is 12.1 Å². The quantitative estimate of drug-likeness (QED) is 0.726. The van der Waals surface area contributed by atoms with Crippen LogP contribution in [0.5, 0.6) is 0 Å². The van der Waals surface area contributed by atoms with Gasteiger partial charge in [0, 0.05) is 22.9 Å². The van der Waals surface area contributed by atoms with Gasteiger partial charge in [-0.15, -0.1) is 23.1 Å². The highest BCUT2D eigenvalue weighted by Crippen LogP contribution is 2.37. The van der Waals surface area contributed by atoms with Crippen LogP contribution in [0.25, 0.3) is 10.2 Å². The highest BCUT2D eigenvalue weighted by atomic mass is 32.2. The molecule has 1 aliphatic heterocycles. The predicted molar refractivity (Wildman–Crippen MR) is 92.2 cm³/mol. The molecule has 0 saturated carbocycles. The van der Waals surface area contributed by atoms with Crippen LogP contribution in [-0.4, -0.2) is 17.3 Å². The number of benzene rings is 2. The Balaban J connectivity index is 1.67. The first-order valence-corrected chi connectivity index (χ1v) is 8.71. The van der Waals surface area contributed by atoms with Crippen LogP contribution in [0.4, 0.5) is 11.4 Å². The minimum atomic E-state index is 0.825. The molecular weight excluding hydrogens is 298 g/mol. The second-order valence-corrected chi connectivity index (χ2v) is 7.32. The van der Waals surface area contributed by atoms with E-state index in [-0.39, 0.29) is 0 Å². The Labute approximate surface area is 131 Å². The summed E-state index contributed by atoms with van der Waals surface area (Å²) in [5, 5.41) is 1.16. The van der Waals surface area contributed by atoms with Gasteiger partial charge in [0.15, 0.2) is 0 Å². The van der Waals surface area contributed by atoms with Crippen molar-refractivity contribution in [2.45, 2.75) is 11.4 Å². The molecule has 3 aromatic rings. The summed E-state index contributed by atoms with van der Waals surface area (Å²) < 4.78 is 1.26. The smallest absolute Gasteiger partial charge is 0.113 e. The number of para-hydroxylation sites is 1. The summed E-state index contributed by atoms with van der Waals surface area (Å²) >= 11 is 3.68. The van der Waals surface area contributed by atoms with Crippen LogP contribution in [0.15, 0.2) is 47.4 Å². The van der Waals surface area contributed by atoms with Crippen LogP contribution >= 0.6 is 23.1 Å². The highest BCUT2D eigenvalue weighted by Gasteiger charge is 2.19. The Morgan fingerprint density at radius 3 is 3.00 bits per heavy atom. The van der Waals surface area contributed by atoms with Crippen molar-refractivity contribution in [1.29, 1.82) is 0 Å². The van der Waals surface area contributed by atoms with Crippen LogP contribution in [0.1, 0.15) is 5.01 Å². The summed E-state index contributed by atoms with van der Waals surface area (Å²) in [6.45, 7) is 1.90. The van der Waals surface area contributed by atoms with Crippen molar-refractivity contribution in [3.63, 3.8) is 0 Å². The summed E-state index contributed by atoms with van der Waals surface area (Å²) in [6, 6.07) is 14.5. The molecule has 0 saturated heterocycles. The zero-order valence-corrected chi connectivity index (χ0v) is 13.1. The lowest BCUT2D eigenvalue weighted by atomic mass is 10.2. The lowest BCUT2D eigenvalue weighted by Gasteiger charge is -2.30. The number of hydrogen-bond donors (Lipinski definition) is 1. The SMILES string of the molecule is Nc1ccc2c(c1)N(Cc1nc3ccccc3s1)CCS2. The van der Waals surface area contributed by atoms with E-state index in [9.17, 15) is 0 Å². The van der Waals surface area contributed by atoms with Gasteiger partial charge in [-0.05, 0) is 30.3 Å². The summed E-state index contributed by atoms with van der Waals surface area (Å²) in [5.74, 6) is 1.11. The third kappa shape index (κ3) is 2.47. The van der Waals surface area contributed by atoms with E-state index in [4.69, 9.17) is 10.7 Å². The number of fused-ring (bicyclic) bond motifs is 2. The van der Waals surface area contributed by atoms with Gasteiger partial charge >= 0.3 is 0 Å². The van der Waals surface area contributed by atoms with Gasteiger partial charge in [0.1, 0.15) is 5.01 Å². The van der Waals surface area contributed by atoms with E-state index in [2.05, 4.69) is 35.2 Å². The van der Waals surface area contributed by atoms with Crippen molar-refractivity contribution < 1.29 is 0 Å². The summed E-state index contributed by atoms with van der Waals surface area (Å²) in [7, 11) is 0. The number of nitrogens with zero attached hydrogens (tertiary/aromatic N) is 2. The minimum absolute atomic E-state index is 0.825. The molecule has 0 aliphatic carbocycles. The fourth-order valence-electron chi connectivity index (χ4n) is 2.60. The standard InChI is InChI=1S/C16H15N3S2/c17-11-5-6-15-13(9-11)19(7-8-20-15)10-16-18-12-3-1-2-4-14(12)21-16/h1-6,9H,7-8,10,17H2. The number of anilines is 2. The monoisotopic (exact) mass is 313 g/mol. The zero-order valence-electron chi connectivity index (χ0n) is 11.5. The molecule has 5 heteroatoms. The molecule has 3 nitrogen and oxygen atoms in total. The van der Waals surface area contributed by atoms with Crippen molar-refractivity contribution in [1.82, 2.24) is 4.98 Å². The van der Waals surface area contributed by atoms with E-state index < -0.39 is 0 Å². The van der Waals surface area contributed by atoms with Crippen molar-refractivity contribution in [3.05, 3.63) is 47.5 Å². The van der Waals surface area contributed by atoms with E-state index >= 15 is 0 Å². The van der Waals surface area contributed by atoms with Crippen molar-refractivity contribution >= 4 is 44.7 Å². The molecule has 21 heavy (non-hydrogen) atoms. The summed E-state index contributed by atoms with van der Waals surface area (Å²) in [6.07, 6.45) is 0. The molecule has 0 radical (unpaired) electrons. The molecule has 4 rings (SSSR count). The van der Waals surface area contributed by atoms with E-state index in [1.165, 1.54) is 15.3 Å². The Bertz CT molecular complexity index is 764. The summed E-state index contributed by atoms with van der Waals surface area (Å²) in [5.41, 5.74) is 9.11. The normalized spacial score (nSPS) is 14.4. The molecule has 2 N–H and O–H groups in total. The molecule has 0 atom stereocenters. The van der Waals surface area contributed by atoms with Crippen LogP contribution in [0.3, 0.4) is 0 Å². The fraction of sp³-hybridized carbons (Fsp3) is 0.188. The maximum Gasteiger partial charge on any atom is 0.113 e. The van der Waals surface area contributed by atoms with Crippen molar-refractivity contribution in [2.75, 3.05) is 22.9 Å². The number of nitrogen functional groups attached to an aromatic ring is 1. The first kappa shape index (κ1) is 13.0. The van der Waals surface area contributed by atoms with E-state index in [1.807, 2.05) is 23.9 Å². The first-order valence-electron chi connectivity index (χ1n) is 6.91. The number of thioether (sulfide) groups is 1. The maximum atomic E-state index is 5.95. The zero-order chi connectivity index (χ0) is 14.2. The lowest BCUT2D eigenvalue weighted by molar-refractivity contribution is 0.814. The molecule has 1 aromatic heterocycles. The van der Waals surface area contributed by atoms with E-state index in [0.29, 0.717) is 0 Å². The van der Waals surface area contributed by atoms with Gasteiger partial charge in [0.05, 0.1) is 22.4 Å². The van der Waals surface area contributed by atoms with Crippen molar-refractivity contribution in [2.24, 2.45) is 0 Å². The number of nitrogens with two attached hydrogens (primary N) is 1. The van der Waals surface area contributed by atoms with Crippen LogP contribution in [-0.2, 0) is 6.54 Å². The molecule has 0 unspecified atom stereocenters. The van der Waals surface area contributed by atoms with Crippen molar-refractivity contribution in [3.8, 4) is 0 Å². The van der Waals surface area contributed by atoms with Crippen LogP contribution in [0.2, 0.25) is 0 Å². The molecular formula is C16H15N3S2. The predicted octanol–water partition coefficient (Wildman–Crippen LogP) is 3.99. The van der Waals surface area contributed by atoms with E-state index in [0.717, 1.165) is 35.1 Å². The van der Waals surface area contributed by atoms with Crippen LogP contribution < -0.4 is 10.6 Å². The Kier molecular flexibility index (Phi) is 3.24. The van der Waals surface area contributed by atoms with E-state index in [1.54, 1.807) is 11.3 Å². The number of rotatable bonds is 2.